The standard InChI is InChI=1S/C21H26ClN3O2/c22-18-7-9-19(10-8-18)27-14-4-5-21(26)24-16-17-6-11-20(23-15-17)25-12-2-1-3-13-25/h6-11,15H,1-5,12-14,16H2,(H,24,26). The molecular formula is C21H26ClN3O2. The number of carbonyl (C=O) groups is 1. The van der Waals surface area contributed by atoms with Gasteiger partial charge in [-0.2, -0.15) is 0 Å². The molecule has 1 saturated heterocycles. The van der Waals surface area contributed by atoms with E-state index in [1.807, 2.05) is 30.5 Å². The maximum Gasteiger partial charge on any atom is 0.220 e. The zero-order valence-corrected chi connectivity index (χ0v) is 16.3. The normalized spacial score (nSPS) is 14.0. The Labute approximate surface area is 165 Å². The summed E-state index contributed by atoms with van der Waals surface area (Å²) in [5.41, 5.74) is 1.02. The zero-order chi connectivity index (χ0) is 18.9. The molecule has 1 aromatic carbocycles. The number of anilines is 1. The molecule has 0 radical (unpaired) electrons. The Bertz CT molecular complexity index is 713. The number of halogens is 1. The minimum absolute atomic E-state index is 0.0230. The van der Waals surface area contributed by atoms with Gasteiger partial charge < -0.3 is 15.0 Å². The van der Waals surface area contributed by atoms with Gasteiger partial charge in [0, 0.05) is 37.3 Å². The lowest BCUT2D eigenvalue weighted by Gasteiger charge is -2.27. The van der Waals surface area contributed by atoms with E-state index in [1.54, 1.807) is 12.1 Å². The van der Waals surface area contributed by atoms with Gasteiger partial charge in [0.15, 0.2) is 0 Å². The highest BCUT2D eigenvalue weighted by molar-refractivity contribution is 6.30. The van der Waals surface area contributed by atoms with Crippen LogP contribution in [0.2, 0.25) is 5.02 Å². The number of nitrogens with one attached hydrogen (secondary N) is 1. The number of nitrogens with zero attached hydrogens (tertiary/aromatic N) is 2. The van der Waals surface area contributed by atoms with Crippen LogP contribution in [-0.4, -0.2) is 30.6 Å². The Hall–Kier alpha value is -2.27. The fraction of sp³-hybridized carbons (Fsp3) is 0.429. The van der Waals surface area contributed by atoms with Crippen LogP contribution in [0.15, 0.2) is 42.6 Å². The SMILES string of the molecule is O=C(CCCOc1ccc(Cl)cc1)NCc1ccc(N2CCCCC2)nc1. The lowest BCUT2D eigenvalue weighted by atomic mass is 10.1. The molecule has 0 bridgehead atoms. The molecule has 1 aliphatic rings. The Morgan fingerprint density at radius 2 is 1.89 bits per heavy atom. The summed E-state index contributed by atoms with van der Waals surface area (Å²) < 4.78 is 5.59. The van der Waals surface area contributed by atoms with Crippen LogP contribution in [0.1, 0.15) is 37.7 Å². The minimum Gasteiger partial charge on any atom is -0.494 e. The number of piperidine rings is 1. The molecule has 144 valence electrons. The number of pyridine rings is 1. The molecule has 0 aliphatic carbocycles. The molecule has 2 aromatic rings. The second-order valence-corrected chi connectivity index (χ2v) is 7.19. The van der Waals surface area contributed by atoms with E-state index < -0.39 is 0 Å². The van der Waals surface area contributed by atoms with E-state index in [-0.39, 0.29) is 5.91 Å². The van der Waals surface area contributed by atoms with Gasteiger partial charge in [-0.1, -0.05) is 17.7 Å². The molecule has 2 heterocycles. The quantitative estimate of drug-likeness (QED) is 0.689. The topological polar surface area (TPSA) is 54.5 Å². The van der Waals surface area contributed by atoms with Crippen molar-refractivity contribution in [1.82, 2.24) is 10.3 Å². The molecule has 0 atom stereocenters. The molecule has 1 amide bonds. The van der Waals surface area contributed by atoms with Crippen molar-refractivity contribution in [2.45, 2.75) is 38.6 Å². The molecule has 27 heavy (non-hydrogen) atoms. The lowest BCUT2D eigenvalue weighted by Crippen LogP contribution is -2.30. The largest absolute Gasteiger partial charge is 0.494 e. The van der Waals surface area contributed by atoms with Gasteiger partial charge in [0.2, 0.25) is 5.91 Å². The number of rotatable bonds is 8. The van der Waals surface area contributed by atoms with Gasteiger partial charge in [0.25, 0.3) is 0 Å². The van der Waals surface area contributed by atoms with Crippen LogP contribution in [0.5, 0.6) is 5.75 Å². The third kappa shape index (κ3) is 6.43. The molecule has 0 spiro atoms. The van der Waals surface area contributed by atoms with E-state index in [1.165, 1.54) is 19.3 Å². The van der Waals surface area contributed by atoms with Gasteiger partial charge in [0.05, 0.1) is 6.61 Å². The van der Waals surface area contributed by atoms with Crippen molar-refractivity contribution in [1.29, 1.82) is 0 Å². The summed E-state index contributed by atoms with van der Waals surface area (Å²) in [5.74, 6) is 1.82. The predicted molar refractivity (Wildman–Crippen MR) is 108 cm³/mol. The Morgan fingerprint density at radius 3 is 2.59 bits per heavy atom. The molecule has 6 heteroatoms. The number of hydrogen-bond donors (Lipinski definition) is 1. The number of amides is 1. The maximum absolute atomic E-state index is 12.0. The molecule has 1 fully saturated rings. The molecular weight excluding hydrogens is 362 g/mol. The number of ether oxygens (including phenoxy) is 1. The van der Waals surface area contributed by atoms with Gasteiger partial charge in [0.1, 0.15) is 11.6 Å². The molecule has 0 unspecified atom stereocenters. The fourth-order valence-corrected chi connectivity index (χ4v) is 3.20. The third-order valence-electron chi connectivity index (χ3n) is 4.61. The average Bonchev–Trinajstić information content (AvgIpc) is 2.72. The van der Waals surface area contributed by atoms with Gasteiger partial charge in [-0.15, -0.1) is 0 Å². The first kappa shape index (κ1) is 19.5. The number of carbonyl (C=O) groups excluding carboxylic acids is 1. The smallest absolute Gasteiger partial charge is 0.220 e. The number of hydrogen-bond acceptors (Lipinski definition) is 4. The zero-order valence-electron chi connectivity index (χ0n) is 15.5. The summed E-state index contributed by atoms with van der Waals surface area (Å²) in [6.45, 7) is 3.17. The van der Waals surface area contributed by atoms with Crippen molar-refractivity contribution in [2.75, 3.05) is 24.6 Å². The highest BCUT2D eigenvalue weighted by Crippen LogP contribution is 2.18. The lowest BCUT2D eigenvalue weighted by molar-refractivity contribution is -0.121. The second-order valence-electron chi connectivity index (χ2n) is 6.76. The summed E-state index contributed by atoms with van der Waals surface area (Å²) >= 11 is 5.83. The average molecular weight is 388 g/mol. The van der Waals surface area contributed by atoms with Crippen LogP contribution >= 0.6 is 11.6 Å². The maximum atomic E-state index is 12.0. The molecule has 1 aliphatic heterocycles. The molecule has 0 saturated carbocycles. The molecule has 5 nitrogen and oxygen atoms in total. The van der Waals surface area contributed by atoms with E-state index >= 15 is 0 Å². The molecule has 3 rings (SSSR count). The molecule has 1 N–H and O–H groups in total. The van der Waals surface area contributed by atoms with Crippen LogP contribution in [0.25, 0.3) is 0 Å². The van der Waals surface area contributed by atoms with Gasteiger partial charge in [-0.05, 0) is 61.6 Å². The first-order valence-electron chi connectivity index (χ1n) is 9.56. The Balaban J connectivity index is 1.33. The highest BCUT2D eigenvalue weighted by Gasteiger charge is 2.11. The summed E-state index contributed by atoms with van der Waals surface area (Å²) in [6.07, 6.45) is 6.75. The van der Waals surface area contributed by atoms with Crippen LogP contribution in [-0.2, 0) is 11.3 Å². The fourth-order valence-electron chi connectivity index (χ4n) is 3.07. The van der Waals surface area contributed by atoms with E-state index in [4.69, 9.17) is 16.3 Å². The number of aromatic nitrogens is 1. The first-order valence-corrected chi connectivity index (χ1v) is 9.93. The second kappa shape index (κ2) is 10.2. The van der Waals surface area contributed by atoms with Crippen LogP contribution in [0.3, 0.4) is 0 Å². The van der Waals surface area contributed by atoms with Crippen LogP contribution in [0.4, 0.5) is 5.82 Å². The summed E-state index contributed by atoms with van der Waals surface area (Å²) in [5, 5.41) is 3.62. The van der Waals surface area contributed by atoms with E-state index in [2.05, 4.69) is 15.2 Å². The third-order valence-corrected chi connectivity index (χ3v) is 4.86. The van der Waals surface area contributed by atoms with Gasteiger partial charge in [-0.25, -0.2) is 4.98 Å². The van der Waals surface area contributed by atoms with E-state index in [0.717, 1.165) is 30.2 Å². The summed E-state index contributed by atoms with van der Waals surface area (Å²) in [4.78, 5) is 18.8. The van der Waals surface area contributed by atoms with Crippen LogP contribution in [0, 0.1) is 0 Å². The van der Waals surface area contributed by atoms with Crippen molar-refractivity contribution in [3.05, 3.63) is 53.2 Å². The highest BCUT2D eigenvalue weighted by atomic mass is 35.5. The van der Waals surface area contributed by atoms with Crippen molar-refractivity contribution in [2.24, 2.45) is 0 Å². The Kier molecular flexibility index (Phi) is 7.34. The van der Waals surface area contributed by atoms with Gasteiger partial charge >= 0.3 is 0 Å². The van der Waals surface area contributed by atoms with Crippen molar-refractivity contribution < 1.29 is 9.53 Å². The monoisotopic (exact) mass is 387 g/mol. The number of benzene rings is 1. The van der Waals surface area contributed by atoms with Crippen molar-refractivity contribution in [3.63, 3.8) is 0 Å². The summed E-state index contributed by atoms with van der Waals surface area (Å²) in [6, 6.07) is 11.3. The minimum atomic E-state index is 0.0230. The molecule has 1 aromatic heterocycles. The summed E-state index contributed by atoms with van der Waals surface area (Å²) in [7, 11) is 0. The van der Waals surface area contributed by atoms with E-state index in [0.29, 0.717) is 31.0 Å². The predicted octanol–water partition coefficient (Wildman–Crippen LogP) is 4.20. The first-order chi connectivity index (χ1) is 13.2. The van der Waals surface area contributed by atoms with Crippen molar-refractivity contribution >= 4 is 23.3 Å². The van der Waals surface area contributed by atoms with Crippen LogP contribution < -0.4 is 15.0 Å². The van der Waals surface area contributed by atoms with E-state index in [9.17, 15) is 4.79 Å². The van der Waals surface area contributed by atoms with Crippen molar-refractivity contribution in [3.8, 4) is 5.75 Å². The van der Waals surface area contributed by atoms with Gasteiger partial charge in [-0.3, -0.25) is 4.79 Å². The Morgan fingerprint density at radius 1 is 1.11 bits per heavy atom.